The Morgan fingerprint density at radius 1 is 0.930 bits per heavy atom. The maximum Gasteiger partial charge on any atom is 0.437 e. The normalized spacial score (nSPS) is 12.3. The molecule has 2 aromatic heterocycles. The van der Waals surface area contributed by atoms with Crippen molar-refractivity contribution in [3.63, 3.8) is 0 Å². The number of H-pyrrole nitrogens is 1. The number of hydrogen-bond donors (Lipinski definition) is 4. The molecule has 0 saturated heterocycles. The number of alkyl carbamates (subject to hydrolysis) is 1. The van der Waals surface area contributed by atoms with Gasteiger partial charge in [0.05, 0.1) is 15.7 Å². The molecular formula is C30H33Cl3N6O4. The zero-order valence-electron chi connectivity index (χ0n) is 24.6. The molecule has 43 heavy (non-hydrogen) atoms. The molecule has 0 aliphatic heterocycles. The van der Waals surface area contributed by atoms with E-state index in [1.165, 1.54) is 12.4 Å². The van der Waals surface area contributed by atoms with Crippen LogP contribution >= 0.6 is 34.8 Å². The number of guanidine groups is 1. The molecule has 10 nitrogen and oxygen atoms in total. The van der Waals surface area contributed by atoms with Crippen molar-refractivity contribution in [1.82, 2.24) is 20.6 Å². The lowest BCUT2D eigenvalue weighted by molar-refractivity contribution is 0.0560. The van der Waals surface area contributed by atoms with Crippen molar-refractivity contribution in [2.75, 3.05) is 11.9 Å². The first-order valence-corrected chi connectivity index (χ1v) is 14.6. The summed E-state index contributed by atoms with van der Waals surface area (Å²) in [4.78, 5) is 36.4. The number of pyridine rings is 1. The third-order valence-corrected chi connectivity index (χ3v) is 6.59. The average molecular weight is 648 g/mol. The summed E-state index contributed by atoms with van der Waals surface area (Å²) in [6.45, 7) is 10.6. The van der Waals surface area contributed by atoms with Crippen molar-refractivity contribution in [2.24, 2.45) is 4.99 Å². The number of anilines is 2. The molecule has 2 amide bonds. The van der Waals surface area contributed by atoms with E-state index in [9.17, 15) is 9.59 Å². The SMILES string of the molecule is CC(C)(C)OC(=O)/N=C(\NCCc1cc(Nc2c(Cl)cncc2Cl)cc2c1[nH]c1ccc(Cl)cc12)NC(=O)OC(C)(C)C. The minimum absolute atomic E-state index is 0.104. The summed E-state index contributed by atoms with van der Waals surface area (Å²) in [6, 6.07) is 9.57. The molecule has 4 N–H and O–H groups in total. The fourth-order valence-electron chi connectivity index (χ4n) is 4.19. The van der Waals surface area contributed by atoms with Crippen LogP contribution in [0, 0.1) is 0 Å². The van der Waals surface area contributed by atoms with E-state index in [-0.39, 0.29) is 12.5 Å². The maximum atomic E-state index is 12.5. The lowest BCUT2D eigenvalue weighted by atomic mass is 10.0. The molecule has 0 bridgehead atoms. The highest BCUT2D eigenvalue weighted by atomic mass is 35.5. The van der Waals surface area contributed by atoms with Gasteiger partial charge in [-0.25, -0.2) is 9.59 Å². The summed E-state index contributed by atoms with van der Waals surface area (Å²) >= 11 is 19.1. The third-order valence-electron chi connectivity index (χ3n) is 5.78. The number of hydrogen-bond acceptors (Lipinski definition) is 6. The number of benzene rings is 2. The number of aliphatic imine (C=N–C) groups is 1. The highest BCUT2D eigenvalue weighted by Gasteiger charge is 2.21. The molecular weight excluding hydrogens is 615 g/mol. The number of nitrogens with one attached hydrogen (secondary N) is 4. The molecule has 0 aliphatic carbocycles. The molecule has 0 saturated carbocycles. The smallest absolute Gasteiger partial charge is 0.437 e. The Morgan fingerprint density at radius 3 is 2.26 bits per heavy atom. The number of carbonyl (C=O) groups is 2. The van der Waals surface area contributed by atoms with Crippen LogP contribution in [-0.4, -0.2) is 45.9 Å². The molecule has 4 rings (SSSR count). The Hall–Kier alpha value is -3.73. The van der Waals surface area contributed by atoms with Crippen LogP contribution in [0.5, 0.6) is 0 Å². The van der Waals surface area contributed by atoms with Crippen LogP contribution in [0.4, 0.5) is 21.0 Å². The largest absolute Gasteiger partial charge is 0.444 e. The summed E-state index contributed by atoms with van der Waals surface area (Å²) < 4.78 is 10.6. The molecule has 0 radical (unpaired) electrons. The molecule has 2 aromatic carbocycles. The van der Waals surface area contributed by atoms with Gasteiger partial charge in [-0.1, -0.05) is 34.8 Å². The molecule has 2 heterocycles. The first-order chi connectivity index (χ1) is 20.1. The molecule has 0 fully saturated rings. The summed E-state index contributed by atoms with van der Waals surface area (Å²) in [5, 5.41) is 12.0. The molecule has 228 valence electrons. The highest BCUT2D eigenvalue weighted by Crippen LogP contribution is 2.36. The molecule has 0 unspecified atom stereocenters. The topological polar surface area (TPSA) is 130 Å². The maximum absolute atomic E-state index is 12.5. The van der Waals surface area contributed by atoms with Gasteiger partial charge in [0.1, 0.15) is 11.2 Å². The van der Waals surface area contributed by atoms with Crippen molar-refractivity contribution in [3.8, 4) is 0 Å². The summed E-state index contributed by atoms with van der Waals surface area (Å²) in [5.41, 5.74) is 2.44. The number of halogens is 3. The van der Waals surface area contributed by atoms with Gasteiger partial charge in [0, 0.05) is 51.5 Å². The standard InChI is InChI=1S/C30H33Cl3N6O4/c1-29(2,3)42-27(40)38-26(39-28(41)43-30(4,5)6)35-10-9-16-11-18(36-25-21(32)14-34-15-22(25)33)13-20-19-12-17(31)7-8-23(19)37-24(16)20/h7-8,11-15,37H,9-10H2,1-6H3,(H,34,36)(H2,35,38,39,40,41). The van der Waals surface area contributed by atoms with Gasteiger partial charge in [-0.2, -0.15) is 0 Å². The number of rotatable bonds is 5. The van der Waals surface area contributed by atoms with E-state index >= 15 is 0 Å². The van der Waals surface area contributed by atoms with Gasteiger partial charge in [0.15, 0.2) is 0 Å². The molecule has 0 spiro atoms. The first kappa shape index (κ1) is 32.2. The second-order valence-electron chi connectivity index (χ2n) is 11.7. The third kappa shape index (κ3) is 8.89. The zero-order valence-corrected chi connectivity index (χ0v) is 26.9. The predicted octanol–water partition coefficient (Wildman–Crippen LogP) is 8.37. The highest BCUT2D eigenvalue weighted by molar-refractivity contribution is 6.39. The summed E-state index contributed by atoms with van der Waals surface area (Å²) in [6.07, 6.45) is 1.84. The van der Waals surface area contributed by atoms with Crippen LogP contribution in [0.2, 0.25) is 15.1 Å². The number of carbonyl (C=O) groups excluding carboxylic acids is 2. The molecule has 0 atom stereocenters. The van der Waals surface area contributed by atoms with Crippen LogP contribution in [-0.2, 0) is 15.9 Å². The predicted molar refractivity (Wildman–Crippen MR) is 173 cm³/mol. The van der Waals surface area contributed by atoms with Gasteiger partial charge in [0.2, 0.25) is 5.96 Å². The van der Waals surface area contributed by atoms with Crippen LogP contribution in [0.1, 0.15) is 47.1 Å². The van der Waals surface area contributed by atoms with Crippen LogP contribution < -0.4 is 16.0 Å². The number of aromatic nitrogens is 2. The van der Waals surface area contributed by atoms with Gasteiger partial charge >= 0.3 is 12.2 Å². The van der Waals surface area contributed by atoms with E-state index in [0.717, 1.165) is 33.1 Å². The average Bonchev–Trinajstić information content (AvgIpc) is 3.22. The fourth-order valence-corrected chi connectivity index (χ4v) is 4.82. The number of ether oxygens (including phenoxy) is 2. The fraction of sp³-hybridized carbons (Fsp3) is 0.333. The van der Waals surface area contributed by atoms with E-state index in [4.69, 9.17) is 44.3 Å². The summed E-state index contributed by atoms with van der Waals surface area (Å²) in [7, 11) is 0. The minimum atomic E-state index is -0.863. The van der Waals surface area contributed by atoms with Gasteiger partial charge < -0.3 is 25.1 Å². The number of aromatic amines is 1. The Kier molecular flexibility index (Phi) is 9.63. The van der Waals surface area contributed by atoms with Gasteiger partial charge in [-0.15, -0.1) is 4.99 Å². The molecule has 0 aliphatic rings. The van der Waals surface area contributed by atoms with E-state index in [0.29, 0.717) is 27.2 Å². The monoisotopic (exact) mass is 646 g/mol. The van der Waals surface area contributed by atoms with E-state index in [2.05, 4.69) is 30.9 Å². The molecule has 4 aromatic rings. The van der Waals surface area contributed by atoms with Crippen molar-refractivity contribution < 1.29 is 19.1 Å². The van der Waals surface area contributed by atoms with Gasteiger partial charge in [-0.05, 0) is 83.9 Å². The molecule has 13 heteroatoms. The minimum Gasteiger partial charge on any atom is -0.444 e. The van der Waals surface area contributed by atoms with Crippen LogP contribution in [0.25, 0.3) is 21.8 Å². The zero-order chi connectivity index (χ0) is 31.5. The number of nitrogens with zero attached hydrogens (tertiary/aromatic N) is 2. The van der Waals surface area contributed by atoms with Crippen molar-refractivity contribution in [3.05, 3.63) is 63.4 Å². The van der Waals surface area contributed by atoms with E-state index in [1.54, 1.807) is 41.5 Å². The van der Waals surface area contributed by atoms with Crippen LogP contribution in [0.3, 0.4) is 0 Å². The summed E-state index contributed by atoms with van der Waals surface area (Å²) in [5.74, 6) is -0.104. The lowest BCUT2D eigenvalue weighted by Crippen LogP contribution is -2.44. The Morgan fingerprint density at radius 2 is 1.60 bits per heavy atom. The lowest BCUT2D eigenvalue weighted by Gasteiger charge is -2.21. The number of amides is 2. The van der Waals surface area contributed by atoms with E-state index in [1.807, 2.05) is 30.3 Å². The second kappa shape index (κ2) is 12.9. The first-order valence-electron chi connectivity index (χ1n) is 13.4. The van der Waals surface area contributed by atoms with Crippen molar-refractivity contribution in [1.29, 1.82) is 0 Å². The Bertz CT molecular complexity index is 1690. The number of fused-ring (bicyclic) bond motifs is 3. The van der Waals surface area contributed by atoms with Crippen LogP contribution in [0.15, 0.2) is 47.7 Å². The van der Waals surface area contributed by atoms with E-state index < -0.39 is 23.4 Å². The van der Waals surface area contributed by atoms with Gasteiger partial charge in [0.25, 0.3) is 0 Å². The van der Waals surface area contributed by atoms with Gasteiger partial charge in [-0.3, -0.25) is 10.3 Å². The van der Waals surface area contributed by atoms with Crippen molar-refractivity contribution in [2.45, 2.75) is 59.2 Å². The Labute approximate surface area is 264 Å². The Balaban J connectivity index is 1.65. The second-order valence-corrected chi connectivity index (χ2v) is 13.0. The quantitative estimate of drug-likeness (QED) is 0.126. The van der Waals surface area contributed by atoms with Crippen molar-refractivity contribution >= 4 is 86.1 Å².